The highest BCUT2D eigenvalue weighted by atomic mass is 31.2. The first-order valence-electron chi connectivity index (χ1n) is 2.61. The summed E-state index contributed by atoms with van der Waals surface area (Å²) in [6, 6.07) is 0. The van der Waals surface area contributed by atoms with Gasteiger partial charge in [0, 0.05) is 7.11 Å². The molecule has 0 bridgehead atoms. The van der Waals surface area contributed by atoms with Gasteiger partial charge in [0.2, 0.25) is 0 Å². The maximum absolute atomic E-state index is 10.8. The fourth-order valence-corrected chi connectivity index (χ4v) is 1.70. The molecule has 0 amide bonds. The van der Waals surface area contributed by atoms with Crippen molar-refractivity contribution in [2.75, 3.05) is 7.11 Å². The number of hydrogen-bond acceptors (Lipinski definition) is 3. The van der Waals surface area contributed by atoms with Crippen LogP contribution in [0.5, 0.6) is 0 Å². The molecule has 1 unspecified atom stereocenters. The molecule has 5 heteroatoms. The summed E-state index contributed by atoms with van der Waals surface area (Å²) in [6.07, 6.45) is -0.124. The minimum Gasteiger partial charge on any atom is -0.356 e. The highest BCUT2D eigenvalue weighted by molar-refractivity contribution is 7.53. The van der Waals surface area contributed by atoms with E-state index in [0.717, 1.165) is 0 Å². The largest absolute Gasteiger partial charge is 0.359 e. The Labute approximate surface area is 53.3 Å². The van der Waals surface area contributed by atoms with Gasteiger partial charge in [0.25, 0.3) is 0 Å². The number of hydrogen-bond donors (Lipinski definition) is 1. The Bertz CT molecular complexity index is 157. The number of rotatable bonds is 2. The van der Waals surface area contributed by atoms with Crippen molar-refractivity contribution >= 4 is 7.60 Å². The SMILES string of the molecule is COP(=O)(O)[C@H]1O[C@H]1C. The smallest absolute Gasteiger partial charge is 0.356 e. The van der Waals surface area contributed by atoms with Crippen molar-refractivity contribution < 1.29 is 18.7 Å². The molecule has 1 saturated heterocycles. The normalized spacial score (nSPS) is 39.9. The lowest BCUT2D eigenvalue weighted by Crippen LogP contribution is -1.93. The van der Waals surface area contributed by atoms with Gasteiger partial charge in [0.05, 0.1) is 6.10 Å². The Kier molecular flexibility index (Phi) is 1.65. The summed E-state index contributed by atoms with van der Waals surface area (Å²) in [5.41, 5.74) is 0. The minimum atomic E-state index is -3.41. The fraction of sp³-hybridized carbons (Fsp3) is 1.00. The highest BCUT2D eigenvalue weighted by Gasteiger charge is 2.49. The van der Waals surface area contributed by atoms with Crippen LogP contribution in [0.4, 0.5) is 0 Å². The Hall–Kier alpha value is 0.110. The van der Waals surface area contributed by atoms with E-state index >= 15 is 0 Å². The molecule has 0 radical (unpaired) electrons. The van der Waals surface area contributed by atoms with E-state index in [2.05, 4.69) is 4.52 Å². The molecule has 0 saturated carbocycles. The molecule has 0 spiro atoms. The van der Waals surface area contributed by atoms with Crippen LogP contribution >= 0.6 is 7.60 Å². The summed E-state index contributed by atoms with van der Waals surface area (Å²) in [7, 11) is -2.21. The Morgan fingerprint density at radius 1 is 1.78 bits per heavy atom. The van der Waals surface area contributed by atoms with Crippen LogP contribution in [0.2, 0.25) is 0 Å². The second kappa shape index (κ2) is 2.06. The highest BCUT2D eigenvalue weighted by Crippen LogP contribution is 2.56. The van der Waals surface area contributed by atoms with Gasteiger partial charge in [-0.15, -0.1) is 0 Å². The van der Waals surface area contributed by atoms with Crippen molar-refractivity contribution in [1.29, 1.82) is 0 Å². The summed E-state index contributed by atoms with van der Waals surface area (Å²) in [5, 5.41) is 0. The van der Waals surface area contributed by atoms with Gasteiger partial charge in [0.1, 0.15) is 0 Å². The van der Waals surface area contributed by atoms with Crippen molar-refractivity contribution in [3.05, 3.63) is 0 Å². The van der Waals surface area contributed by atoms with Crippen LogP contribution in [0.25, 0.3) is 0 Å². The second-order valence-electron chi connectivity index (χ2n) is 1.98. The third-order valence-corrected chi connectivity index (χ3v) is 2.97. The molecular formula is C4H9O4P. The first-order valence-corrected chi connectivity index (χ1v) is 4.26. The molecule has 0 aliphatic carbocycles. The standard InChI is InChI=1S/C4H9O4P/c1-3-4(8-3)9(5,6)7-2/h3-4H,1-2H3,(H,5,6)/t3-,4+/m0/s1. The van der Waals surface area contributed by atoms with Gasteiger partial charge >= 0.3 is 7.60 Å². The lowest BCUT2D eigenvalue weighted by atomic mass is 10.6. The molecule has 1 heterocycles. The molecule has 1 fully saturated rings. The Morgan fingerprint density at radius 2 is 2.22 bits per heavy atom. The predicted molar refractivity (Wildman–Crippen MR) is 31.2 cm³/mol. The average molecular weight is 152 g/mol. The van der Waals surface area contributed by atoms with Gasteiger partial charge in [-0.2, -0.15) is 0 Å². The molecule has 0 aromatic heterocycles. The van der Waals surface area contributed by atoms with Crippen molar-refractivity contribution in [1.82, 2.24) is 0 Å². The second-order valence-corrected chi connectivity index (χ2v) is 3.98. The summed E-state index contributed by atoms with van der Waals surface area (Å²) in [4.78, 5) is 8.84. The summed E-state index contributed by atoms with van der Waals surface area (Å²) in [6.45, 7) is 1.73. The molecule has 0 aromatic rings. The van der Waals surface area contributed by atoms with E-state index in [1.54, 1.807) is 6.92 Å². The van der Waals surface area contributed by atoms with Gasteiger partial charge in [0.15, 0.2) is 5.85 Å². The van der Waals surface area contributed by atoms with E-state index in [-0.39, 0.29) is 6.10 Å². The van der Waals surface area contributed by atoms with Crippen LogP contribution in [-0.2, 0) is 13.8 Å². The van der Waals surface area contributed by atoms with E-state index in [1.807, 2.05) is 0 Å². The van der Waals surface area contributed by atoms with E-state index in [4.69, 9.17) is 9.63 Å². The molecule has 1 rings (SSSR count). The van der Waals surface area contributed by atoms with Crippen LogP contribution in [0.1, 0.15) is 6.92 Å². The van der Waals surface area contributed by atoms with E-state index < -0.39 is 13.4 Å². The Balaban J connectivity index is 2.52. The zero-order valence-corrected chi connectivity index (χ0v) is 6.17. The van der Waals surface area contributed by atoms with Gasteiger partial charge in [-0.25, -0.2) is 0 Å². The zero-order chi connectivity index (χ0) is 7.07. The fourth-order valence-electron chi connectivity index (χ4n) is 0.621. The molecule has 1 N–H and O–H groups in total. The van der Waals surface area contributed by atoms with Crippen LogP contribution in [-0.4, -0.2) is 24.0 Å². The molecule has 3 atom stereocenters. The van der Waals surface area contributed by atoms with Crippen LogP contribution < -0.4 is 0 Å². The topological polar surface area (TPSA) is 59.1 Å². The van der Waals surface area contributed by atoms with E-state index in [9.17, 15) is 4.57 Å². The summed E-state index contributed by atoms with van der Waals surface area (Å²) in [5.74, 6) is -0.581. The molecule has 54 valence electrons. The van der Waals surface area contributed by atoms with E-state index in [0.29, 0.717) is 0 Å². The minimum absolute atomic E-state index is 0.124. The first-order chi connectivity index (χ1) is 4.08. The number of ether oxygens (including phenoxy) is 1. The maximum atomic E-state index is 10.8. The monoisotopic (exact) mass is 152 g/mol. The molecule has 9 heavy (non-hydrogen) atoms. The van der Waals surface area contributed by atoms with Gasteiger partial charge in [-0.1, -0.05) is 0 Å². The van der Waals surface area contributed by atoms with Gasteiger partial charge < -0.3 is 14.2 Å². The van der Waals surface area contributed by atoms with Crippen molar-refractivity contribution in [2.24, 2.45) is 0 Å². The lowest BCUT2D eigenvalue weighted by molar-refractivity contribution is 0.291. The van der Waals surface area contributed by atoms with Crippen molar-refractivity contribution in [3.8, 4) is 0 Å². The maximum Gasteiger partial charge on any atom is 0.359 e. The van der Waals surface area contributed by atoms with Crippen LogP contribution in [0, 0.1) is 0 Å². The quantitative estimate of drug-likeness (QED) is 0.464. The first kappa shape index (κ1) is 7.22. The summed E-state index contributed by atoms with van der Waals surface area (Å²) >= 11 is 0. The molecule has 1 aliphatic rings. The molecular weight excluding hydrogens is 143 g/mol. The molecule has 4 nitrogen and oxygen atoms in total. The van der Waals surface area contributed by atoms with Crippen molar-refractivity contribution in [2.45, 2.75) is 18.9 Å². The van der Waals surface area contributed by atoms with Crippen molar-refractivity contribution in [3.63, 3.8) is 0 Å². The Morgan fingerprint density at radius 3 is 2.33 bits per heavy atom. The van der Waals surface area contributed by atoms with Gasteiger partial charge in [-0.05, 0) is 6.92 Å². The molecule has 1 aliphatic heterocycles. The zero-order valence-electron chi connectivity index (χ0n) is 5.27. The van der Waals surface area contributed by atoms with Gasteiger partial charge in [-0.3, -0.25) is 4.57 Å². The van der Waals surface area contributed by atoms with Crippen LogP contribution in [0.3, 0.4) is 0 Å². The number of epoxide rings is 1. The van der Waals surface area contributed by atoms with E-state index in [1.165, 1.54) is 7.11 Å². The predicted octanol–water partition coefficient (Wildman–Crippen LogP) is 0.563. The lowest BCUT2D eigenvalue weighted by Gasteiger charge is -2.02. The van der Waals surface area contributed by atoms with Crippen LogP contribution in [0.15, 0.2) is 0 Å². The third kappa shape index (κ3) is 1.33. The average Bonchev–Trinajstić information content (AvgIpc) is 2.47. The summed E-state index contributed by atoms with van der Waals surface area (Å²) < 4.78 is 19.8. The third-order valence-electron chi connectivity index (χ3n) is 1.26. The molecule has 0 aromatic carbocycles.